The van der Waals surface area contributed by atoms with Gasteiger partial charge in [-0.3, -0.25) is 4.68 Å². The minimum absolute atomic E-state index is 0.287. The molecule has 2 nitrogen and oxygen atoms in total. The molecule has 2 unspecified atom stereocenters. The van der Waals surface area contributed by atoms with E-state index in [0.717, 1.165) is 36.5 Å². The van der Waals surface area contributed by atoms with Crippen LogP contribution in [0.2, 0.25) is 5.02 Å². The van der Waals surface area contributed by atoms with Crippen molar-refractivity contribution in [3.05, 3.63) is 16.4 Å². The van der Waals surface area contributed by atoms with Crippen molar-refractivity contribution >= 4 is 23.2 Å². The molecule has 0 spiro atoms. The van der Waals surface area contributed by atoms with Gasteiger partial charge >= 0.3 is 0 Å². The highest BCUT2D eigenvalue weighted by Gasteiger charge is 2.35. The van der Waals surface area contributed by atoms with Crippen molar-refractivity contribution in [1.29, 1.82) is 0 Å². The molecule has 1 fully saturated rings. The number of hydrogen-bond donors (Lipinski definition) is 0. The van der Waals surface area contributed by atoms with E-state index in [-0.39, 0.29) is 5.41 Å². The SMILES string of the molecule is CCn1nc(C)c(Cl)c1CC1(C)CCC(Cl)C1. The Morgan fingerprint density at radius 1 is 1.53 bits per heavy atom. The van der Waals surface area contributed by atoms with Crippen molar-refractivity contribution in [2.45, 2.75) is 58.4 Å². The Morgan fingerprint density at radius 3 is 2.76 bits per heavy atom. The third-order valence-electron chi connectivity index (χ3n) is 3.82. The van der Waals surface area contributed by atoms with Crippen molar-refractivity contribution in [2.75, 3.05) is 0 Å². The lowest BCUT2D eigenvalue weighted by molar-refractivity contribution is 0.324. The van der Waals surface area contributed by atoms with Crippen LogP contribution in [-0.2, 0) is 13.0 Å². The summed E-state index contributed by atoms with van der Waals surface area (Å²) in [5.41, 5.74) is 2.41. The molecule has 1 aromatic heterocycles. The van der Waals surface area contributed by atoms with E-state index in [0.29, 0.717) is 5.38 Å². The van der Waals surface area contributed by atoms with Crippen LogP contribution >= 0.6 is 23.2 Å². The molecular weight excluding hydrogens is 255 g/mol. The van der Waals surface area contributed by atoms with E-state index in [1.807, 2.05) is 11.6 Å². The summed E-state index contributed by atoms with van der Waals surface area (Å²) in [5, 5.41) is 5.64. The van der Waals surface area contributed by atoms with Crippen molar-refractivity contribution < 1.29 is 0 Å². The average molecular weight is 275 g/mol. The zero-order valence-corrected chi connectivity index (χ0v) is 12.3. The molecule has 0 bridgehead atoms. The third kappa shape index (κ3) is 2.63. The van der Waals surface area contributed by atoms with Gasteiger partial charge in [-0.2, -0.15) is 5.10 Å². The Labute approximate surface area is 113 Å². The second-order valence-corrected chi connectivity index (χ2v) is 6.48. The van der Waals surface area contributed by atoms with Crippen molar-refractivity contribution in [3.63, 3.8) is 0 Å². The van der Waals surface area contributed by atoms with Crippen LogP contribution in [-0.4, -0.2) is 15.2 Å². The van der Waals surface area contributed by atoms with Gasteiger partial charge in [-0.25, -0.2) is 0 Å². The molecule has 0 aromatic carbocycles. The van der Waals surface area contributed by atoms with Crippen LogP contribution in [0.25, 0.3) is 0 Å². The fourth-order valence-corrected chi connectivity index (χ4v) is 3.53. The monoisotopic (exact) mass is 274 g/mol. The summed E-state index contributed by atoms with van der Waals surface area (Å²) in [6, 6.07) is 0. The van der Waals surface area contributed by atoms with Crippen LogP contribution in [0.5, 0.6) is 0 Å². The van der Waals surface area contributed by atoms with Gasteiger partial charge in [0.15, 0.2) is 0 Å². The number of hydrogen-bond acceptors (Lipinski definition) is 1. The minimum atomic E-state index is 0.287. The Kier molecular flexibility index (Phi) is 3.74. The first-order chi connectivity index (χ1) is 7.95. The first kappa shape index (κ1) is 13.2. The summed E-state index contributed by atoms with van der Waals surface area (Å²) in [7, 11) is 0. The van der Waals surface area contributed by atoms with Gasteiger partial charge in [0, 0.05) is 11.9 Å². The van der Waals surface area contributed by atoms with Gasteiger partial charge in [0.2, 0.25) is 0 Å². The van der Waals surface area contributed by atoms with Gasteiger partial charge in [0.25, 0.3) is 0 Å². The molecule has 0 saturated heterocycles. The number of aryl methyl sites for hydroxylation is 2. The molecular formula is C13H20Cl2N2. The molecule has 1 aliphatic carbocycles. The van der Waals surface area contributed by atoms with Gasteiger partial charge in [0.1, 0.15) is 0 Å². The number of alkyl halides is 1. The zero-order valence-electron chi connectivity index (χ0n) is 10.8. The standard InChI is InChI=1S/C13H20Cl2N2/c1-4-17-11(12(15)9(2)16-17)8-13(3)6-5-10(14)7-13/h10H,4-8H2,1-3H3. The molecule has 96 valence electrons. The van der Waals surface area contributed by atoms with Crippen LogP contribution in [0.3, 0.4) is 0 Å². The molecule has 17 heavy (non-hydrogen) atoms. The Morgan fingerprint density at radius 2 is 2.24 bits per heavy atom. The number of halogens is 2. The highest BCUT2D eigenvalue weighted by Crippen LogP contribution is 2.43. The van der Waals surface area contributed by atoms with Crippen LogP contribution in [0.4, 0.5) is 0 Å². The van der Waals surface area contributed by atoms with Crippen LogP contribution in [0.15, 0.2) is 0 Å². The lowest BCUT2D eigenvalue weighted by Gasteiger charge is -2.24. The first-order valence-corrected chi connectivity index (χ1v) is 7.12. The van der Waals surface area contributed by atoms with E-state index < -0.39 is 0 Å². The van der Waals surface area contributed by atoms with E-state index in [9.17, 15) is 0 Å². The molecule has 2 rings (SSSR count). The van der Waals surface area contributed by atoms with Crippen LogP contribution in [0.1, 0.15) is 44.5 Å². The summed E-state index contributed by atoms with van der Waals surface area (Å²) >= 11 is 12.6. The fraction of sp³-hybridized carbons (Fsp3) is 0.769. The molecule has 0 aliphatic heterocycles. The summed E-state index contributed by atoms with van der Waals surface area (Å²) in [4.78, 5) is 0. The second-order valence-electron chi connectivity index (χ2n) is 5.49. The number of aromatic nitrogens is 2. The highest BCUT2D eigenvalue weighted by atomic mass is 35.5. The van der Waals surface area contributed by atoms with Gasteiger partial charge in [-0.1, -0.05) is 18.5 Å². The Bertz CT molecular complexity index is 414. The van der Waals surface area contributed by atoms with Crippen LogP contribution < -0.4 is 0 Å². The maximum atomic E-state index is 6.35. The first-order valence-electron chi connectivity index (χ1n) is 6.31. The molecule has 1 saturated carbocycles. The summed E-state index contributed by atoms with van der Waals surface area (Å²) in [6.07, 6.45) is 4.38. The van der Waals surface area contributed by atoms with Gasteiger partial charge in [-0.15, -0.1) is 11.6 Å². The predicted molar refractivity (Wildman–Crippen MR) is 73.0 cm³/mol. The van der Waals surface area contributed by atoms with E-state index in [1.165, 1.54) is 12.1 Å². The average Bonchev–Trinajstić information content (AvgIpc) is 2.74. The third-order valence-corrected chi connectivity index (χ3v) is 4.69. The van der Waals surface area contributed by atoms with Gasteiger partial charge in [0.05, 0.1) is 16.4 Å². The van der Waals surface area contributed by atoms with Crippen molar-refractivity contribution in [3.8, 4) is 0 Å². The van der Waals surface area contributed by atoms with E-state index in [4.69, 9.17) is 23.2 Å². The quantitative estimate of drug-likeness (QED) is 0.756. The van der Waals surface area contributed by atoms with Crippen molar-refractivity contribution in [1.82, 2.24) is 9.78 Å². The number of nitrogens with zero attached hydrogens (tertiary/aromatic N) is 2. The molecule has 1 aliphatic rings. The minimum Gasteiger partial charge on any atom is -0.268 e. The lowest BCUT2D eigenvalue weighted by atomic mass is 9.84. The normalized spacial score (nSPS) is 28.9. The number of rotatable bonds is 3. The van der Waals surface area contributed by atoms with Crippen LogP contribution in [0, 0.1) is 12.3 Å². The molecule has 0 N–H and O–H groups in total. The topological polar surface area (TPSA) is 17.8 Å². The fourth-order valence-electron chi connectivity index (χ4n) is 2.85. The lowest BCUT2D eigenvalue weighted by Crippen LogP contribution is -2.18. The Balaban J connectivity index is 2.23. The highest BCUT2D eigenvalue weighted by molar-refractivity contribution is 6.31. The van der Waals surface area contributed by atoms with E-state index >= 15 is 0 Å². The molecule has 4 heteroatoms. The maximum Gasteiger partial charge on any atom is 0.0847 e. The largest absolute Gasteiger partial charge is 0.268 e. The predicted octanol–water partition coefficient (Wildman–Crippen LogP) is 4.20. The summed E-state index contributed by atoms with van der Waals surface area (Å²) in [6.45, 7) is 7.27. The molecule has 1 aromatic rings. The molecule has 2 atom stereocenters. The smallest absolute Gasteiger partial charge is 0.0847 e. The van der Waals surface area contributed by atoms with Gasteiger partial charge in [-0.05, 0) is 44.9 Å². The zero-order chi connectivity index (χ0) is 12.6. The molecule has 0 amide bonds. The Hall–Kier alpha value is -0.210. The molecule has 1 heterocycles. The maximum absolute atomic E-state index is 6.35. The van der Waals surface area contributed by atoms with Gasteiger partial charge < -0.3 is 0 Å². The molecule has 0 radical (unpaired) electrons. The van der Waals surface area contributed by atoms with E-state index in [2.05, 4.69) is 18.9 Å². The second kappa shape index (κ2) is 4.81. The summed E-state index contributed by atoms with van der Waals surface area (Å²) < 4.78 is 2.03. The van der Waals surface area contributed by atoms with Crippen molar-refractivity contribution in [2.24, 2.45) is 5.41 Å². The van der Waals surface area contributed by atoms with E-state index in [1.54, 1.807) is 0 Å². The summed E-state index contributed by atoms with van der Waals surface area (Å²) in [5.74, 6) is 0.